The van der Waals surface area contributed by atoms with Crippen molar-refractivity contribution >= 4 is 17.6 Å². The number of hydrogen-bond acceptors (Lipinski definition) is 5. The predicted molar refractivity (Wildman–Crippen MR) is 102 cm³/mol. The fraction of sp³-hybridized carbons (Fsp3) is 0.391. The SMILES string of the molecule is COC(=O)c1ccc([C@H]2Nc3c(C(=O)[O-])cccc3[C@H]3[C@H]4CC[C@@H](C4)[C@H]32)cc1. The highest BCUT2D eigenvalue weighted by molar-refractivity contribution is 5.94. The normalized spacial score (nSPS) is 29.5. The molecule has 5 atom stereocenters. The minimum absolute atomic E-state index is 0.0278. The van der Waals surface area contributed by atoms with E-state index in [0.717, 1.165) is 11.1 Å². The number of para-hydroxylation sites is 1. The number of nitrogens with one attached hydrogen (secondary N) is 1. The minimum atomic E-state index is -1.15. The number of aromatic carboxylic acids is 1. The van der Waals surface area contributed by atoms with Gasteiger partial charge in [0.25, 0.3) is 0 Å². The quantitative estimate of drug-likeness (QED) is 0.833. The molecule has 2 aromatic carbocycles. The van der Waals surface area contributed by atoms with Gasteiger partial charge in [0.15, 0.2) is 0 Å². The predicted octanol–water partition coefficient (Wildman–Crippen LogP) is 3.13. The third kappa shape index (κ3) is 2.45. The first-order chi connectivity index (χ1) is 13.6. The van der Waals surface area contributed by atoms with E-state index in [1.807, 2.05) is 18.2 Å². The van der Waals surface area contributed by atoms with Crippen LogP contribution in [0.2, 0.25) is 0 Å². The Morgan fingerprint density at radius 2 is 1.82 bits per heavy atom. The summed E-state index contributed by atoms with van der Waals surface area (Å²) in [5.74, 6) is 0.570. The van der Waals surface area contributed by atoms with Crippen LogP contribution in [0.3, 0.4) is 0 Å². The van der Waals surface area contributed by atoms with Crippen molar-refractivity contribution in [1.29, 1.82) is 0 Å². The van der Waals surface area contributed by atoms with Crippen LogP contribution in [0.25, 0.3) is 0 Å². The lowest BCUT2D eigenvalue weighted by Crippen LogP contribution is -2.37. The topological polar surface area (TPSA) is 78.5 Å². The van der Waals surface area contributed by atoms with Crippen molar-refractivity contribution in [3.8, 4) is 0 Å². The van der Waals surface area contributed by atoms with Gasteiger partial charge in [-0.1, -0.05) is 30.3 Å². The van der Waals surface area contributed by atoms with Crippen LogP contribution in [-0.4, -0.2) is 19.0 Å². The van der Waals surface area contributed by atoms with E-state index in [9.17, 15) is 14.7 Å². The molecule has 5 heteroatoms. The second-order valence-corrected chi connectivity index (χ2v) is 8.23. The molecule has 1 N–H and O–H groups in total. The van der Waals surface area contributed by atoms with E-state index in [1.165, 1.54) is 26.4 Å². The number of methoxy groups -OCH3 is 1. The molecule has 0 spiro atoms. The lowest BCUT2D eigenvalue weighted by Gasteiger charge is -2.44. The zero-order valence-electron chi connectivity index (χ0n) is 15.7. The maximum atomic E-state index is 11.8. The number of rotatable bonds is 3. The number of hydrogen-bond donors (Lipinski definition) is 1. The van der Waals surface area contributed by atoms with Crippen molar-refractivity contribution in [1.82, 2.24) is 0 Å². The third-order valence-electron chi connectivity index (χ3n) is 7.03. The number of carboxylic acid groups (broad SMARTS) is 1. The number of benzene rings is 2. The second-order valence-electron chi connectivity index (χ2n) is 8.23. The Hall–Kier alpha value is -2.82. The number of esters is 1. The molecule has 0 radical (unpaired) electrons. The van der Waals surface area contributed by atoms with Crippen molar-refractivity contribution in [3.63, 3.8) is 0 Å². The van der Waals surface area contributed by atoms with Crippen LogP contribution in [-0.2, 0) is 4.74 Å². The standard InChI is InChI=1S/C23H23NO4/c1-28-23(27)13-7-5-12(6-8-13)20-19-15-10-9-14(11-15)18(19)16-3-2-4-17(22(25)26)21(16)24-20/h2-8,14-15,18-20,24H,9-11H2,1H3,(H,25,26)/p-1/t14-,15-,18+,19+,20+/m0/s1. The summed E-state index contributed by atoms with van der Waals surface area (Å²) in [6, 6.07) is 13.0. The molecule has 2 saturated carbocycles. The van der Waals surface area contributed by atoms with Crippen molar-refractivity contribution < 1.29 is 19.4 Å². The first-order valence-electron chi connectivity index (χ1n) is 9.87. The van der Waals surface area contributed by atoms with E-state index in [1.54, 1.807) is 18.2 Å². The molecule has 0 amide bonds. The van der Waals surface area contributed by atoms with E-state index in [-0.39, 0.29) is 17.6 Å². The first-order valence-corrected chi connectivity index (χ1v) is 9.87. The lowest BCUT2D eigenvalue weighted by molar-refractivity contribution is -0.254. The maximum absolute atomic E-state index is 11.8. The summed E-state index contributed by atoms with van der Waals surface area (Å²) in [5, 5.41) is 15.3. The van der Waals surface area contributed by atoms with E-state index in [0.29, 0.717) is 34.9 Å². The van der Waals surface area contributed by atoms with Crippen LogP contribution < -0.4 is 10.4 Å². The zero-order valence-corrected chi connectivity index (χ0v) is 15.7. The second kappa shape index (κ2) is 6.36. The Balaban J connectivity index is 1.59. The number of fused-ring (bicyclic) bond motifs is 7. The van der Waals surface area contributed by atoms with Gasteiger partial charge >= 0.3 is 5.97 Å². The molecular formula is C23H22NO4-. The summed E-state index contributed by atoms with van der Waals surface area (Å²) < 4.78 is 4.79. The summed E-state index contributed by atoms with van der Waals surface area (Å²) in [6.07, 6.45) is 3.66. The molecule has 5 rings (SSSR count). The zero-order chi connectivity index (χ0) is 19.4. The van der Waals surface area contributed by atoms with Crippen molar-refractivity contribution in [3.05, 3.63) is 64.7 Å². The molecule has 0 unspecified atom stereocenters. The van der Waals surface area contributed by atoms with Crippen LogP contribution >= 0.6 is 0 Å². The molecule has 1 heterocycles. The van der Waals surface area contributed by atoms with E-state index in [4.69, 9.17) is 4.74 Å². The lowest BCUT2D eigenvalue weighted by atomic mass is 9.67. The van der Waals surface area contributed by atoms with Gasteiger partial charge in [-0.25, -0.2) is 4.79 Å². The summed E-state index contributed by atoms with van der Waals surface area (Å²) in [7, 11) is 1.37. The summed E-state index contributed by atoms with van der Waals surface area (Å²) in [4.78, 5) is 23.5. The molecule has 144 valence electrons. The van der Waals surface area contributed by atoms with Gasteiger partial charge in [-0.3, -0.25) is 0 Å². The van der Waals surface area contributed by atoms with Gasteiger partial charge in [0, 0.05) is 11.3 Å². The average Bonchev–Trinajstić information content (AvgIpc) is 3.35. The molecule has 5 nitrogen and oxygen atoms in total. The molecular weight excluding hydrogens is 354 g/mol. The highest BCUT2D eigenvalue weighted by atomic mass is 16.5. The first kappa shape index (κ1) is 17.3. The molecule has 2 bridgehead atoms. The van der Waals surface area contributed by atoms with Gasteiger partial charge in [0.1, 0.15) is 0 Å². The van der Waals surface area contributed by atoms with Gasteiger partial charge in [-0.2, -0.15) is 0 Å². The van der Waals surface area contributed by atoms with Crippen molar-refractivity contribution in [2.24, 2.45) is 17.8 Å². The van der Waals surface area contributed by atoms with Crippen molar-refractivity contribution in [2.75, 3.05) is 12.4 Å². The van der Waals surface area contributed by atoms with Gasteiger partial charge < -0.3 is 20.0 Å². The molecule has 28 heavy (non-hydrogen) atoms. The largest absolute Gasteiger partial charge is 0.545 e. The molecule has 1 aliphatic heterocycles. The van der Waals surface area contributed by atoms with Crippen LogP contribution in [0.5, 0.6) is 0 Å². The Morgan fingerprint density at radius 1 is 1.07 bits per heavy atom. The monoisotopic (exact) mass is 376 g/mol. The van der Waals surface area contributed by atoms with E-state index < -0.39 is 5.97 Å². The van der Waals surface area contributed by atoms with Crippen LogP contribution in [0, 0.1) is 17.8 Å². The minimum Gasteiger partial charge on any atom is -0.545 e. The van der Waals surface area contributed by atoms with Gasteiger partial charge in [0.2, 0.25) is 0 Å². The summed E-state index contributed by atoms with van der Waals surface area (Å²) >= 11 is 0. The Labute approximate surface area is 163 Å². The average molecular weight is 376 g/mol. The number of anilines is 1. The molecule has 3 aliphatic rings. The smallest absolute Gasteiger partial charge is 0.337 e. The molecule has 2 aromatic rings. The number of carboxylic acids is 1. The fourth-order valence-corrected chi connectivity index (χ4v) is 5.96. The molecule has 0 saturated heterocycles. The van der Waals surface area contributed by atoms with Crippen molar-refractivity contribution in [2.45, 2.75) is 31.2 Å². The maximum Gasteiger partial charge on any atom is 0.337 e. The number of carbonyl (C=O) groups is 2. The Bertz CT molecular complexity index is 952. The van der Waals surface area contributed by atoms with Gasteiger partial charge in [-0.15, -0.1) is 0 Å². The van der Waals surface area contributed by atoms with E-state index >= 15 is 0 Å². The van der Waals surface area contributed by atoms with Crippen LogP contribution in [0.15, 0.2) is 42.5 Å². The number of carbonyl (C=O) groups excluding carboxylic acids is 2. The highest BCUT2D eigenvalue weighted by Crippen LogP contribution is 2.63. The molecule has 2 aliphatic carbocycles. The highest BCUT2D eigenvalue weighted by Gasteiger charge is 2.54. The Morgan fingerprint density at radius 3 is 2.54 bits per heavy atom. The summed E-state index contributed by atoms with van der Waals surface area (Å²) in [6.45, 7) is 0. The molecule has 0 aromatic heterocycles. The molecule has 2 fully saturated rings. The van der Waals surface area contributed by atoms with E-state index in [2.05, 4.69) is 11.4 Å². The third-order valence-corrected chi connectivity index (χ3v) is 7.03. The summed E-state index contributed by atoms with van der Waals surface area (Å²) in [5.41, 5.74) is 3.66. The number of ether oxygens (including phenoxy) is 1. The van der Waals surface area contributed by atoms with Crippen LogP contribution in [0.4, 0.5) is 5.69 Å². The van der Waals surface area contributed by atoms with Crippen LogP contribution in [0.1, 0.15) is 63.1 Å². The Kier molecular flexibility index (Phi) is 3.93. The fourth-order valence-electron chi connectivity index (χ4n) is 5.96. The van der Waals surface area contributed by atoms with Gasteiger partial charge in [-0.05, 0) is 66.2 Å². The van der Waals surface area contributed by atoms with Gasteiger partial charge in [0.05, 0.1) is 24.7 Å².